The second-order valence-electron chi connectivity index (χ2n) is 8.34. The fourth-order valence-corrected chi connectivity index (χ4v) is 4.81. The molecule has 0 aliphatic rings. The van der Waals surface area contributed by atoms with Crippen LogP contribution in [0.25, 0.3) is 59.0 Å². The summed E-state index contributed by atoms with van der Waals surface area (Å²) in [6, 6.07) is 8.54. The zero-order chi connectivity index (χ0) is 25.5. The number of rotatable bonds is 9. The van der Waals surface area contributed by atoms with Gasteiger partial charge in [-0.15, -0.1) is 0 Å². The minimum atomic E-state index is 1.08. The van der Waals surface area contributed by atoms with Crippen molar-refractivity contribution in [2.75, 3.05) is 0 Å². The lowest BCUT2D eigenvalue weighted by Gasteiger charge is -2.18. The fraction of sp³-hybridized carbons (Fsp3) is 0.118. The molecule has 0 aliphatic carbocycles. The maximum atomic E-state index is 4.17. The molecule has 1 heterocycles. The molecule has 0 aliphatic heterocycles. The molecule has 0 saturated carbocycles. The summed E-state index contributed by atoms with van der Waals surface area (Å²) in [6.07, 6.45) is 22.4. The summed E-state index contributed by atoms with van der Waals surface area (Å²) in [5.41, 5.74) is 10.1. The maximum Gasteiger partial charge on any atom is 0.0530 e. The van der Waals surface area contributed by atoms with Gasteiger partial charge in [0.1, 0.15) is 0 Å². The van der Waals surface area contributed by atoms with Crippen molar-refractivity contribution in [2.24, 2.45) is 0 Å². The van der Waals surface area contributed by atoms with Crippen LogP contribution in [0.5, 0.6) is 0 Å². The van der Waals surface area contributed by atoms with Crippen LogP contribution >= 0.6 is 0 Å². The van der Waals surface area contributed by atoms with E-state index >= 15 is 0 Å². The molecule has 0 saturated heterocycles. The molecule has 1 nitrogen and oxygen atoms in total. The number of hydrogen-bond donors (Lipinski definition) is 0. The molecule has 0 fully saturated rings. The monoisotopic (exact) mass is 457 g/mol. The molecule has 0 bridgehead atoms. The first-order chi connectivity index (χ1) is 17.0. The van der Waals surface area contributed by atoms with Crippen LogP contribution in [-0.2, 0) is 0 Å². The minimum Gasteiger partial charge on any atom is -0.314 e. The van der Waals surface area contributed by atoms with E-state index in [1.54, 1.807) is 6.08 Å². The van der Waals surface area contributed by atoms with Crippen molar-refractivity contribution in [1.29, 1.82) is 0 Å². The van der Waals surface area contributed by atoms with E-state index < -0.39 is 0 Å². The Labute approximate surface area is 210 Å². The molecule has 1 aromatic heterocycles. The van der Waals surface area contributed by atoms with Gasteiger partial charge in [0.2, 0.25) is 0 Å². The van der Waals surface area contributed by atoms with Gasteiger partial charge in [-0.25, -0.2) is 0 Å². The number of benzene rings is 2. The molecular weight excluding hydrogens is 422 g/mol. The number of nitrogens with zero attached hydrogens (tertiary/aromatic N) is 1. The van der Waals surface area contributed by atoms with E-state index in [9.17, 15) is 0 Å². The van der Waals surface area contributed by atoms with E-state index in [-0.39, 0.29) is 0 Å². The standard InChI is InChI=1S/C34H35N/c1-9-15-22-33-25(8)26(12-4)34(19-11-3)35(33)24(7)23-32-28(14-6)27(13-5)29(18-10-2)30-20-16-17-21-31(30)32/h9-23H,1,4-6H2,2-3,7-8H3/b18-10-,19-11-,22-15-,24-23+. The summed E-state index contributed by atoms with van der Waals surface area (Å²) < 4.78 is 2.29. The third kappa shape index (κ3) is 4.63. The van der Waals surface area contributed by atoms with Gasteiger partial charge in [-0.2, -0.15) is 0 Å². The van der Waals surface area contributed by atoms with Crippen molar-refractivity contribution in [3.05, 3.63) is 120 Å². The Morgan fingerprint density at radius 3 is 1.83 bits per heavy atom. The van der Waals surface area contributed by atoms with Crippen LogP contribution in [0, 0.1) is 6.92 Å². The van der Waals surface area contributed by atoms with Gasteiger partial charge in [-0.05, 0) is 84.5 Å². The first-order valence-electron chi connectivity index (χ1n) is 11.9. The van der Waals surface area contributed by atoms with Crippen molar-refractivity contribution in [2.45, 2.75) is 27.7 Å². The Bertz CT molecular complexity index is 1430. The molecule has 0 radical (unpaired) electrons. The van der Waals surface area contributed by atoms with Crippen molar-refractivity contribution < 1.29 is 0 Å². The second-order valence-corrected chi connectivity index (χ2v) is 8.34. The van der Waals surface area contributed by atoms with Crippen molar-refractivity contribution in [3.63, 3.8) is 0 Å². The zero-order valence-corrected chi connectivity index (χ0v) is 21.4. The molecule has 0 spiro atoms. The summed E-state index contributed by atoms with van der Waals surface area (Å²) in [7, 11) is 0. The number of allylic oxidation sites excluding steroid dienone is 5. The van der Waals surface area contributed by atoms with Gasteiger partial charge >= 0.3 is 0 Å². The van der Waals surface area contributed by atoms with Crippen LogP contribution in [0.15, 0.2) is 74.9 Å². The Morgan fingerprint density at radius 1 is 0.714 bits per heavy atom. The molecule has 2 aromatic carbocycles. The molecule has 35 heavy (non-hydrogen) atoms. The highest BCUT2D eigenvalue weighted by molar-refractivity contribution is 6.04. The molecule has 3 rings (SSSR count). The second kappa shape index (κ2) is 11.4. The topological polar surface area (TPSA) is 4.93 Å². The Kier molecular flexibility index (Phi) is 8.28. The minimum absolute atomic E-state index is 1.08. The third-order valence-corrected chi connectivity index (χ3v) is 6.29. The average molecular weight is 458 g/mol. The lowest BCUT2D eigenvalue weighted by atomic mass is 9.88. The molecule has 3 aromatic rings. The van der Waals surface area contributed by atoms with E-state index in [2.05, 4.69) is 105 Å². The predicted molar refractivity (Wildman–Crippen MR) is 162 cm³/mol. The molecule has 0 amide bonds. The van der Waals surface area contributed by atoms with E-state index in [0.717, 1.165) is 44.9 Å². The van der Waals surface area contributed by atoms with E-state index in [0.29, 0.717) is 0 Å². The highest BCUT2D eigenvalue weighted by Gasteiger charge is 2.18. The molecule has 0 N–H and O–H groups in total. The summed E-state index contributed by atoms with van der Waals surface area (Å²) in [4.78, 5) is 0. The predicted octanol–water partition coefficient (Wildman–Crippen LogP) is 10.2. The molecule has 176 valence electrons. The van der Waals surface area contributed by atoms with Gasteiger partial charge in [0, 0.05) is 17.0 Å². The van der Waals surface area contributed by atoms with E-state index in [1.165, 1.54) is 16.3 Å². The SMILES string of the molecule is C=C/C=C\c1c(C)c(C=C)c(/C=C\C)n1/C(C)=C/c1c(C=C)c(C=C)c(/C=C\C)c2ccccc12. The third-order valence-electron chi connectivity index (χ3n) is 6.29. The van der Waals surface area contributed by atoms with Gasteiger partial charge in [0.25, 0.3) is 0 Å². The first-order valence-corrected chi connectivity index (χ1v) is 11.9. The van der Waals surface area contributed by atoms with E-state index in [1.807, 2.05) is 38.2 Å². The number of aromatic nitrogens is 1. The van der Waals surface area contributed by atoms with Crippen LogP contribution in [-0.4, -0.2) is 4.57 Å². The van der Waals surface area contributed by atoms with Crippen molar-refractivity contribution >= 4 is 59.0 Å². The van der Waals surface area contributed by atoms with Gasteiger partial charge in [0.05, 0.1) is 5.69 Å². The summed E-state index contributed by atoms with van der Waals surface area (Å²) in [5, 5.41) is 2.38. The smallest absolute Gasteiger partial charge is 0.0530 e. The van der Waals surface area contributed by atoms with Crippen molar-refractivity contribution in [1.82, 2.24) is 4.57 Å². The highest BCUT2D eigenvalue weighted by atomic mass is 15.0. The van der Waals surface area contributed by atoms with Gasteiger partial charge in [-0.3, -0.25) is 0 Å². The van der Waals surface area contributed by atoms with Gasteiger partial charge in [0.15, 0.2) is 0 Å². The van der Waals surface area contributed by atoms with Gasteiger partial charge < -0.3 is 4.57 Å². The number of fused-ring (bicyclic) bond motifs is 1. The highest BCUT2D eigenvalue weighted by Crippen LogP contribution is 2.36. The van der Waals surface area contributed by atoms with Crippen LogP contribution in [0.2, 0.25) is 0 Å². The fourth-order valence-electron chi connectivity index (χ4n) is 4.81. The lowest BCUT2D eigenvalue weighted by molar-refractivity contribution is 1.06. The summed E-state index contributed by atoms with van der Waals surface area (Å²) >= 11 is 0. The van der Waals surface area contributed by atoms with E-state index in [4.69, 9.17) is 0 Å². The van der Waals surface area contributed by atoms with Crippen molar-refractivity contribution in [3.8, 4) is 0 Å². The van der Waals surface area contributed by atoms with Crippen LogP contribution in [0.1, 0.15) is 65.5 Å². The van der Waals surface area contributed by atoms with Crippen LogP contribution in [0.4, 0.5) is 0 Å². The molecule has 0 unspecified atom stereocenters. The Balaban J connectivity index is 2.49. The van der Waals surface area contributed by atoms with Crippen LogP contribution in [0.3, 0.4) is 0 Å². The average Bonchev–Trinajstić information content (AvgIpc) is 3.13. The molecule has 1 heteroatoms. The lowest BCUT2D eigenvalue weighted by Crippen LogP contribution is -2.01. The molecular formula is C34H35N. The first kappa shape index (κ1) is 25.5. The normalized spacial score (nSPS) is 12.3. The quantitative estimate of drug-likeness (QED) is 0.282. The summed E-state index contributed by atoms with van der Waals surface area (Å²) in [5.74, 6) is 0. The maximum absolute atomic E-state index is 4.17. The molecule has 0 atom stereocenters. The van der Waals surface area contributed by atoms with Crippen LogP contribution < -0.4 is 0 Å². The zero-order valence-electron chi connectivity index (χ0n) is 21.4. The Hall–Kier alpha value is -4.10. The largest absolute Gasteiger partial charge is 0.314 e. The Morgan fingerprint density at radius 2 is 1.29 bits per heavy atom. The summed E-state index contributed by atoms with van der Waals surface area (Å²) in [6.45, 7) is 24.6. The van der Waals surface area contributed by atoms with Gasteiger partial charge in [-0.1, -0.05) is 99.2 Å². The number of hydrogen-bond acceptors (Lipinski definition) is 0.